The zero-order valence-corrected chi connectivity index (χ0v) is 17.5. The van der Waals surface area contributed by atoms with E-state index >= 15 is 0 Å². The van der Waals surface area contributed by atoms with Crippen molar-refractivity contribution in [3.63, 3.8) is 0 Å². The van der Waals surface area contributed by atoms with Gasteiger partial charge in [0, 0.05) is 18.1 Å². The van der Waals surface area contributed by atoms with Crippen LogP contribution in [0.4, 0.5) is 4.39 Å². The third kappa shape index (κ3) is 6.12. The van der Waals surface area contributed by atoms with Gasteiger partial charge in [0.25, 0.3) is 5.91 Å². The van der Waals surface area contributed by atoms with E-state index in [1.54, 1.807) is 29.3 Å². The second-order valence-electron chi connectivity index (χ2n) is 7.09. The number of benzene rings is 2. The summed E-state index contributed by atoms with van der Waals surface area (Å²) >= 11 is 1.49. The first-order chi connectivity index (χ1) is 14.0. The predicted molar refractivity (Wildman–Crippen MR) is 114 cm³/mol. The number of halogens is 1. The predicted octanol–water partition coefficient (Wildman–Crippen LogP) is 5.06. The van der Waals surface area contributed by atoms with Gasteiger partial charge in [0.2, 0.25) is 0 Å². The average Bonchev–Trinajstić information content (AvgIpc) is 3.24. The molecule has 29 heavy (non-hydrogen) atoms. The standard InChI is InChI=1S/C23H25FN2O2S/c1-17(2)18-7-9-20(10-8-18)28-16-23(27)26(15-22-25-12-14-29-22)13-11-19-5-3-4-6-21(19)24/h3-10,12,14,17H,11,13,15-16H2,1-2H3. The number of rotatable bonds is 9. The lowest BCUT2D eigenvalue weighted by Gasteiger charge is -2.22. The van der Waals surface area contributed by atoms with Crippen LogP contribution >= 0.6 is 11.3 Å². The lowest BCUT2D eigenvalue weighted by Crippen LogP contribution is -2.36. The zero-order valence-electron chi connectivity index (χ0n) is 16.7. The Balaban J connectivity index is 1.62. The maximum Gasteiger partial charge on any atom is 0.260 e. The third-order valence-electron chi connectivity index (χ3n) is 4.68. The van der Waals surface area contributed by atoms with Crippen molar-refractivity contribution in [3.05, 3.63) is 82.1 Å². The van der Waals surface area contributed by atoms with Crippen molar-refractivity contribution in [1.82, 2.24) is 9.88 Å². The summed E-state index contributed by atoms with van der Waals surface area (Å²) in [5.41, 5.74) is 1.81. The van der Waals surface area contributed by atoms with Gasteiger partial charge in [0.05, 0.1) is 6.54 Å². The molecule has 0 spiro atoms. The third-order valence-corrected chi connectivity index (χ3v) is 5.44. The van der Waals surface area contributed by atoms with Crippen LogP contribution in [0.3, 0.4) is 0 Å². The lowest BCUT2D eigenvalue weighted by atomic mass is 10.0. The Morgan fingerprint density at radius 1 is 1.17 bits per heavy atom. The first-order valence-electron chi connectivity index (χ1n) is 9.65. The van der Waals surface area contributed by atoms with E-state index in [0.29, 0.717) is 36.7 Å². The number of hydrogen-bond acceptors (Lipinski definition) is 4. The molecule has 0 aliphatic carbocycles. The van der Waals surface area contributed by atoms with Gasteiger partial charge in [-0.05, 0) is 41.7 Å². The Morgan fingerprint density at radius 2 is 1.93 bits per heavy atom. The molecule has 0 saturated heterocycles. The number of nitrogens with zero attached hydrogens (tertiary/aromatic N) is 2. The monoisotopic (exact) mass is 412 g/mol. The van der Waals surface area contributed by atoms with Gasteiger partial charge in [-0.15, -0.1) is 11.3 Å². The summed E-state index contributed by atoms with van der Waals surface area (Å²) in [6.45, 7) is 4.98. The largest absolute Gasteiger partial charge is 0.484 e. The van der Waals surface area contributed by atoms with Crippen LogP contribution in [0.2, 0.25) is 0 Å². The van der Waals surface area contributed by atoms with Crippen LogP contribution in [-0.4, -0.2) is 28.9 Å². The number of amides is 1. The topological polar surface area (TPSA) is 42.4 Å². The molecule has 0 aliphatic rings. The van der Waals surface area contributed by atoms with Crippen LogP contribution in [0.25, 0.3) is 0 Å². The van der Waals surface area contributed by atoms with E-state index in [1.807, 2.05) is 29.6 Å². The SMILES string of the molecule is CC(C)c1ccc(OCC(=O)N(CCc2ccccc2F)Cc2nccs2)cc1. The maximum atomic E-state index is 13.9. The molecule has 0 bridgehead atoms. The quantitative estimate of drug-likeness (QED) is 0.494. The molecule has 0 unspecified atom stereocenters. The molecule has 152 valence electrons. The maximum absolute atomic E-state index is 13.9. The molecule has 0 fully saturated rings. The van der Waals surface area contributed by atoms with Gasteiger partial charge in [-0.1, -0.05) is 44.2 Å². The molecule has 2 aromatic carbocycles. The van der Waals surface area contributed by atoms with E-state index in [1.165, 1.54) is 23.0 Å². The van der Waals surface area contributed by atoms with Crippen LogP contribution in [0, 0.1) is 5.82 Å². The molecule has 6 heteroatoms. The van der Waals surface area contributed by atoms with Crippen LogP contribution in [0.1, 0.15) is 35.9 Å². The summed E-state index contributed by atoms with van der Waals surface area (Å²) in [5.74, 6) is 0.698. The Bertz CT molecular complexity index is 911. The van der Waals surface area contributed by atoms with Gasteiger partial charge in [0.1, 0.15) is 16.6 Å². The minimum absolute atomic E-state index is 0.0658. The van der Waals surface area contributed by atoms with Crippen molar-refractivity contribution in [2.24, 2.45) is 0 Å². The highest BCUT2D eigenvalue weighted by molar-refractivity contribution is 7.09. The second-order valence-corrected chi connectivity index (χ2v) is 8.07. The van der Waals surface area contributed by atoms with Crippen molar-refractivity contribution in [3.8, 4) is 5.75 Å². The van der Waals surface area contributed by atoms with E-state index in [2.05, 4.69) is 18.8 Å². The van der Waals surface area contributed by atoms with Gasteiger partial charge in [0.15, 0.2) is 6.61 Å². The fraction of sp³-hybridized carbons (Fsp3) is 0.304. The summed E-state index contributed by atoms with van der Waals surface area (Å²) < 4.78 is 19.6. The second kappa shape index (κ2) is 10.2. The molecule has 3 aromatic rings. The van der Waals surface area contributed by atoms with Gasteiger partial charge in [-0.3, -0.25) is 4.79 Å². The number of carbonyl (C=O) groups is 1. The Labute approximate surface area is 175 Å². The highest BCUT2D eigenvalue weighted by Crippen LogP contribution is 2.19. The summed E-state index contributed by atoms with van der Waals surface area (Å²) in [5, 5.41) is 2.72. The Kier molecular flexibility index (Phi) is 7.36. The molecule has 0 radical (unpaired) electrons. The van der Waals surface area contributed by atoms with Gasteiger partial charge >= 0.3 is 0 Å². The number of thiazole rings is 1. The summed E-state index contributed by atoms with van der Waals surface area (Å²) in [6.07, 6.45) is 2.15. The highest BCUT2D eigenvalue weighted by Gasteiger charge is 2.17. The van der Waals surface area contributed by atoms with E-state index < -0.39 is 0 Å². The van der Waals surface area contributed by atoms with Crippen molar-refractivity contribution < 1.29 is 13.9 Å². The minimum Gasteiger partial charge on any atom is -0.484 e. The van der Waals surface area contributed by atoms with Gasteiger partial charge in [-0.2, -0.15) is 0 Å². The van der Waals surface area contributed by atoms with Crippen molar-refractivity contribution in [1.29, 1.82) is 0 Å². The fourth-order valence-corrected chi connectivity index (χ4v) is 3.56. The number of carbonyl (C=O) groups excluding carboxylic acids is 1. The molecule has 0 N–H and O–H groups in total. The van der Waals surface area contributed by atoms with E-state index in [4.69, 9.17) is 4.74 Å². The fourth-order valence-electron chi connectivity index (χ4n) is 2.93. The Morgan fingerprint density at radius 3 is 2.59 bits per heavy atom. The molecule has 4 nitrogen and oxygen atoms in total. The first-order valence-corrected chi connectivity index (χ1v) is 10.5. The van der Waals surface area contributed by atoms with E-state index in [0.717, 1.165) is 5.01 Å². The molecular formula is C23H25FN2O2S. The molecule has 1 heterocycles. The summed E-state index contributed by atoms with van der Waals surface area (Å²) in [6, 6.07) is 14.4. The van der Waals surface area contributed by atoms with Crippen molar-refractivity contribution in [2.75, 3.05) is 13.2 Å². The normalized spacial score (nSPS) is 10.9. The minimum atomic E-state index is -0.254. The molecule has 1 aromatic heterocycles. The van der Waals surface area contributed by atoms with Crippen LogP contribution in [-0.2, 0) is 17.8 Å². The molecule has 1 amide bonds. The zero-order chi connectivity index (χ0) is 20.6. The van der Waals surface area contributed by atoms with Crippen molar-refractivity contribution >= 4 is 17.2 Å². The van der Waals surface area contributed by atoms with E-state index in [9.17, 15) is 9.18 Å². The highest BCUT2D eigenvalue weighted by atomic mass is 32.1. The van der Waals surface area contributed by atoms with Crippen LogP contribution < -0.4 is 4.74 Å². The Hall–Kier alpha value is -2.73. The molecule has 0 saturated carbocycles. The van der Waals surface area contributed by atoms with Crippen LogP contribution in [0.15, 0.2) is 60.1 Å². The summed E-state index contributed by atoms with van der Waals surface area (Å²) in [4.78, 5) is 18.7. The smallest absolute Gasteiger partial charge is 0.260 e. The lowest BCUT2D eigenvalue weighted by molar-refractivity contribution is -0.134. The van der Waals surface area contributed by atoms with Gasteiger partial charge < -0.3 is 9.64 Å². The average molecular weight is 413 g/mol. The summed E-state index contributed by atoms with van der Waals surface area (Å²) in [7, 11) is 0. The van der Waals surface area contributed by atoms with Crippen LogP contribution in [0.5, 0.6) is 5.75 Å². The first kappa shape index (κ1) is 21.0. The number of ether oxygens (including phenoxy) is 1. The van der Waals surface area contributed by atoms with E-state index in [-0.39, 0.29) is 18.3 Å². The molecule has 0 atom stereocenters. The molecular weight excluding hydrogens is 387 g/mol. The number of hydrogen-bond donors (Lipinski definition) is 0. The number of aromatic nitrogens is 1. The van der Waals surface area contributed by atoms with Gasteiger partial charge in [-0.25, -0.2) is 9.37 Å². The van der Waals surface area contributed by atoms with Crippen molar-refractivity contribution in [2.45, 2.75) is 32.7 Å². The molecule has 3 rings (SSSR count). The molecule has 0 aliphatic heterocycles.